The highest BCUT2D eigenvalue weighted by atomic mass is 16.5. The first kappa shape index (κ1) is 8.12. The van der Waals surface area contributed by atoms with Gasteiger partial charge in [-0.15, -0.1) is 0 Å². The maximum absolute atomic E-state index is 5.18. The van der Waals surface area contributed by atoms with Crippen LogP contribution in [0, 0.1) is 0 Å². The van der Waals surface area contributed by atoms with E-state index in [1.165, 1.54) is 0 Å². The second-order valence-electron chi connectivity index (χ2n) is 1.38. The Labute approximate surface area is 57.1 Å². The molecule has 0 bridgehead atoms. The normalized spacial score (nSPS) is 9.00. The summed E-state index contributed by atoms with van der Waals surface area (Å²) in [6.45, 7) is 3.41. The highest BCUT2D eigenvalue weighted by Crippen LogP contribution is 1.93. The van der Waals surface area contributed by atoms with Gasteiger partial charge in [0.15, 0.2) is 5.76 Å². The lowest BCUT2D eigenvalue weighted by Gasteiger charge is -1.92. The van der Waals surface area contributed by atoms with Gasteiger partial charge in [-0.25, -0.2) is 0 Å². The molecule has 0 saturated carbocycles. The monoisotopic (exact) mass is 120 g/mol. The van der Waals surface area contributed by atoms with Gasteiger partial charge in [0.2, 0.25) is 0 Å². The quantitative estimate of drug-likeness (QED) is 0.237. The number of hydrogen-bond acceptors (Lipinski definition) is 1. The topological polar surface area (TPSA) is 9.23 Å². The first-order valence-corrected chi connectivity index (χ1v) is 2.65. The van der Waals surface area contributed by atoms with Gasteiger partial charge in [-0.05, 0) is 6.08 Å². The summed E-state index contributed by atoms with van der Waals surface area (Å²) >= 11 is 0. The Balaban J connectivity index is 3.85. The Hall–Kier alpha value is -0.875. The molecule has 0 heterocycles. The molecule has 0 aliphatic heterocycles. The number of allylic oxidation sites excluding steroid dienone is 2. The SMILES string of the molecule is [B]C/C=C/C(=C=C)OC. The molecular formula is C7H9BO. The lowest BCUT2D eigenvalue weighted by Crippen LogP contribution is -1.77. The van der Waals surface area contributed by atoms with E-state index in [4.69, 9.17) is 12.6 Å². The van der Waals surface area contributed by atoms with Crippen molar-refractivity contribution in [1.29, 1.82) is 0 Å². The predicted molar refractivity (Wildman–Crippen MR) is 39.4 cm³/mol. The van der Waals surface area contributed by atoms with Crippen LogP contribution in [0.2, 0.25) is 6.32 Å². The van der Waals surface area contributed by atoms with E-state index in [9.17, 15) is 0 Å². The molecule has 0 spiro atoms. The van der Waals surface area contributed by atoms with Crippen LogP contribution in [-0.2, 0) is 4.74 Å². The molecule has 0 aromatic carbocycles. The number of hydrogen-bond donors (Lipinski definition) is 0. The number of methoxy groups -OCH3 is 1. The van der Waals surface area contributed by atoms with Crippen LogP contribution in [0.25, 0.3) is 0 Å². The van der Waals surface area contributed by atoms with Gasteiger partial charge in [-0.2, -0.15) is 0 Å². The summed E-state index contributed by atoms with van der Waals surface area (Å²) in [4.78, 5) is 0. The van der Waals surface area contributed by atoms with Crippen molar-refractivity contribution >= 4 is 7.85 Å². The van der Waals surface area contributed by atoms with Crippen LogP contribution in [0.4, 0.5) is 0 Å². The van der Waals surface area contributed by atoms with E-state index < -0.39 is 0 Å². The van der Waals surface area contributed by atoms with Gasteiger partial charge in [-0.3, -0.25) is 0 Å². The minimum atomic E-state index is 0.508. The fraction of sp³-hybridized carbons (Fsp3) is 0.286. The van der Waals surface area contributed by atoms with E-state index >= 15 is 0 Å². The first-order chi connectivity index (χ1) is 4.35. The van der Waals surface area contributed by atoms with Gasteiger partial charge in [0, 0.05) is 0 Å². The van der Waals surface area contributed by atoms with Gasteiger partial charge < -0.3 is 4.74 Å². The molecule has 0 fully saturated rings. The fourth-order valence-corrected chi connectivity index (χ4v) is 0.374. The number of rotatable bonds is 3. The van der Waals surface area contributed by atoms with E-state index in [0.29, 0.717) is 12.1 Å². The largest absolute Gasteiger partial charge is 0.489 e. The Morgan fingerprint density at radius 2 is 2.56 bits per heavy atom. The van der Waals surface area contributed by atoms with Crippen LogP contribution in [0.3, 0.4) is 0 Å². The van der Waals surface area contributed by atoms with Gasteiger partial charge in [0.1, 0.15) is 0 Å². The summed E-state index contributed by atoms with van der Waals surface area (Å²) in [6.07, 6.45) is 4.01. The smallest absolute Gasteiger partial charge is 0.160 e. The highest BCUT2D eigenvalue weighted by Gasteiger charge is 1.80. The average molecular weight is 120 g/mol. The molecule has 0 unspecified atom stereocenters. The summed E-state index contributed by atoms with van der Waals surface area (Å²) in [7, 11) is 6.75. The van der Waals surface area contributed by atoms with Crippen LogP contribution in [0.1, 0.15) is 0 Å². The van der Waals surface area contributed by atoms with Crippen LogP contribution < -0.4 is 0 Å². The molecular weight excluding hydrogens is 111 g/mol. The molecule has 0 aliphatic carbocycles. The summed E-state index contributed by atoms with van der Waals surface area (Å²) < 4.78 is 4.80. The fourth-order valence-electron chi connectivity index (χ4n) is 0.374. The van der Waals surface area contributed by atoms with E-state index in [2.05, 4.69) is 12.3 Å². The minimum Gasteiger partial charge on any atom is -0.489 e. The van der Waals surface area contributed by atoms with Crippen molar-refractivity contribution < 1.29 is 4.74 Å². The second-order valence-corrected chi connectivity index (χ2v) is 1.38. The predicted octanol–water partition coefficient (Wildman–Crippen LogP) is 1.44. The van der Waals surface area contributed by atoms with Crippen molar-refractivity contribution in [3.05, 3.63) is 30.2 Å². The zero-order valence-electron chi connectivity index (χ0n) is 5.55. The van der Waals surface area contributed by atoms with Crippen LogP contribution in [0.5, 0.6) is 0 Å². The Morgan fingerprint density at radius 3 is 2.89 bits per heavy atom. The molecule has 46 valence electrons. The lowest BCUT2D eigenvalue weighted by atomic mass is 10.1. The summed E-state index contributed by atoms with van der Waals surface area (Å²) in [5.74, 6) is 0.612. The molecule has 0 aliphatic rings. The van der Waals surface area contributed by atoms with Gasteiger partial charge >= 0.3 is 0 Å². The second kappa shape index (κ2) is 5.27. The van der Waals surface area contributed by atoms with Crippen molar-refractivity contribution in [3.8, 4) is 0 Å². The van der Waals surface area contributed by atoms with Crippen molar-refractivity contribution in [2.75, 3.05) is 7.11 Å². The Morgan fingerprint density at radius 1 is 1.89 bits per heavy atom. The van der Waals surface area contributed by atoms with E-state index in [1.54, 1.807) is 19.3 Å². The summed E-state index contributed by atoms with van der Waals surface area (Å²) in [5, 5.41) is 0. The molecule has 0 atom stereocenters. The zero-order chi connectivity index (χ0) is 7.11. The molecule has 1 nitrogen and oxygen atoms in total. The molecule has 2 radical (unpaired) electrons. The molecule has 0 N–H and O–H groups in total. The molecule has 0 amide bonds. The Bertz CT molecular complexity index is 143. The Kier molecular flexibility index (Phi) is 4.75. The maximum Gasteiger partial charge on any atom is 0.160 e. The molecule has 2 heteroatoms. The molecule has 0 rings (SSSR count). The third kappa shape index (κ3) is 3.69. The highest BCUT2D eigenvalue weighted by molar-refractivity contribution is 6.09. The van der Waals surface area contributed by atoms with Gasteiger partial charge in [-0.1, -0.05) is 24.7 Å². The summed E-state index contributed by atoms with van der Waals surface area (Å²) in [5.41, 5.74) is 2.59. The van der Waals surface area contributed by atoms with Crippen molar-refractivity contribution in [1.82, 2.24) is 0 Å². The van der Waals surface area contributed by atoms with Crippen LogP contribution in [-0.4, -0.2) is 15.0 Å². The van der Waals surface area contributed by atoms with E-state index in [1.807, 2.05) is 0 Å². The maximum atomic E-state index is 5.18. The lowest BCUT2D eigenvalue weighted by molar-refractivity contribution is 0.308. The van der Waals surface area contributed by atoms with E-state index in [0.717, 1.165) is 0 Å². The van der Waals surface area contributed by atoms with Crippen molar-refractivity contribution in [2.45, 2.75) is 6.32 Å². The molecule has 9 heavy (non-hydrogen) atoms. The third-order valence-electron chi connectivity index (χ3n) is 0.799. The molecule has 0 aromatic heterocycles. The first-order valence-electron chi connectivity index (χ1n) is 2.65. The molecule has 0 aromatic rings. The van der Waals surface area contributed by atoms with Crippen LogP contribution in [0.15, 0.2) is 30.2 Å². The van der Waals surface area contributed by atoms with Crippen LogP contribution >= 0.6 is 0 Å². The summed E-state index contributed by atoms with van der Waals surface area (Å²) in [6, 6.07) is 0. The third-order valence-corrected chi connectivity index (χ3v) is 0.799. The van der Waals surface area contributed by atoms with E-state index in [-0.39, 0.29) is 0 Å². The molecule has 0 saturated heterocycles. The number of ether oxygens (including phenoxy) is 1. The zero-order valence-corrected chi connectivity index (χ0v) is 5.55. The standard InChI is InChI=1S/C7H9BO/c1-3-7(9-2)5-4-6-8/h4-5H,1,6H2,2H3/b5-4+. The van der Waals surface area contributed by atoms with Gasteiger partial charge in [0.25, 0.3) is 0 Å². The average Bonchev–Trinajstić information content (AvgIpc) is 1.91. The van der Waals surface area contributed by atoms with Crippen molar-refractivity contribution in [3.63, 3.8) is 0 Å². The van der Waals surface area contributed by atoms with Gasteiger partial charge in [0.05, 0.1) is 15.0 Å². The minimum absolute atomic E-state index is 0.508. The van der Waals surface area contributed by atoms with Crippen molar-refractivity contribution in [2.24, 2.45) is 0 Å².